The highest BCUT2D eigenvalue weighted by molar-refractivity contribution is 7.99. The lowest BCUT2D eigenvalue weighted by Gasteiger charge is -2.06. The smallest absolute Gasteiger partial charge is 0.326 e. The average molecular weight is 287 g/mol. The number of benzene rings is 1. The van der Waals surface area contributed by atoms with Gasteiger partial charge in [0.25, 0.3) is 0 Å². The van der Waals surface area contributed by atoms with Crippen molar-refractivity contribution in [2.45, 2.75) is 35.5 Å². The predicted octanol–water partition coefficient (Wildman–Crippen LogP) is 1.39. The van der Waals surface area contributed by atoms with Crippen molar-refractivity contribution in [3.8, 4) is 6.07 Å². The van der Waals surface area contributed by atoms with E-state index in [-0.39, 0.29) is 11.7 Å². The molecule has 1 aliphatic carbocycles. The number of nitrogens with two attached hydrogens (primary N) is 1. The lowest BCUT2D eigenvalue weighted by atomic mass is 10.1. The van der Waals surface area contributed by atoms with E-state index in [0.29, 0.717) is 17.3 Å². The summed E-state index contributed by atoms with van der Waals surface area (Å²) in [6.07, 6.45) is 2.01. The van der Waals surface area contributed by atoms with Crippen molar-refractivity contribution in [2.24, 2.45) is 5.73 Å². The molecule has 0 unspecified atom stereocenters. The molecule has 1 aliphatic rings. The van der Waals surface area contributed by atoms with Crippen LogP contribution in [0.15, 0.2) is 33.0 Å². The minimum Gasteiger partial charge on any atom is -0.326 e. The number of nitriles is 1. The Balaban J connectivity index is 1.96. The van der Waals surface area contributed by atoms with Gasteiger partial charge in [-0.2, -0.15) is 5.26 Å². The molecule has 6 nitrogen and oxygen atoms in total. The molecule has 1 saturated carbocycles. The van der Waals surface area contributed by atoms with Crippen molar-refractivity contribution in [1.82, 2.24) is 14.8 Å². The van der Waals surface area contributed by atoms with Gasteiger partial charge in [-0.05, 0) is 42.3 Å². The number of nitrogens with zero attached hydrogens (tertiary/aromatic N) is 3. The zero-order chi connectivity index (χ0) is 14.1. The number of hydrogen-bond acceptors (Lipinski definition) is 5. The Morgan fingerprint density at radius 2 is 2.35 bits per heavy atom. The van der Waals surface area contributed by atoms with Crippen LogP contribution in [0.4, 0.5) is 0 Å². The maximum Gasteiger partial charge on any atom is 0.344 e. The van der Waals surface area contributed by atoms with E-state index in [1.54, 1.807) is 10.6 Å². The highest BCUT2D eigenvalue weighted by atomic mass is 32.2. The summed E-state index contributed by atoms with van der Waals surface area (Å²) in [7, 11) is 0. The molecule has 1 aromatic carbocycles. The van der Waals surface area contributed by atoms with E-state index >= 15 is 0 Å². The lowest BCUT2D eigenvalue weighted by molar-refractivity contribution is 0.642. The van der Waals surface area contributed by atoms with Crippen LogP contribution < -0.4 is 11.4 Å². The fraction of sp³-hybridized carbons (Fsp3) is 0.308. The summed E-state index contributed by atoms with van der Waals surface area (Å²) < 4.78 is 1.67. The van der Waals surface area contributed by atoms with Gasteiger partial charge in [-0.1, -0.05) is 6.07 Å². The van der Waals surface area contributed by atoms with Gasteiger partial charge in [0.1, 0.15) is 6.07 Å². The summed E-state index contributed by atoms with van der Waals surface area (Å²) in [5, 5.41) is 16.3. The SMILES string of the molecule is N#Cc1cc(CN)ccc1Sc1n[nH]c(=O)n1C1CC1. The van der Waals surface area contributed by atoms with Crippen molar-refractivity contribution in [2.75, 3.05) is 0 Å². The Bertz CT molecular complexity index is 738. The minimum absolute atomic E-state index is 0.188. The molecule has 0 spiro atoms. The van der Waals surface area contributed by atoms with Gasteiger partial charge in [0.15, 0.2) is 5.16 Å². The van der Waals surface area contributed by atoms with Crippen LogP contribution in [0.2, 0.25) is 0 Å². The molecule has 3 rings (SSSR count). The summed E-state index contributed by atoms with van der Waals surface area (Å²) in [5.41, 5.74) is 6.85. The Labute approximate surface area is 119 Å². The summed E-state index contributed by atoms with van der Waals surface area (Å²) in [4.78, 5) is 12.5. The molecule has 0 atom stereocenters. The summed E-state index contributed by atoms with van der Waals surface area (Å²) in [5.74, 6) is 0. The molecule has 0 saturated heterocycles. The Morgan fingerprint density at radius 1 is 1.55 bits per heavy atom. The topological polar surface area (TPSA) is 100 Å². The summed E-state index contributed by atoms with van der Waals surface area (Å²) in [6, 6.07) is 7.91. The van der Waals surface area contributed by atoms with Crippen molar-refractivity contribution < 1.29 is 0 Å². The van der Waals surface area contributed by atoms with E-state index in [1.807, 2.05) is 12.1 Å². The van der Waals surface area contributed by atoms with Gasteiger partial charge in [0, 0.05) is 17.5 Å². The fourth-order valence-corrected chi connectivity index (χ4v) is 2.96. The molecule has 0 amide bonds. The number of hydrogen-bond donors (Lipinski definition) is 2. The first-order valence-corrected chi connectivity index (χ1v) is 7.12. The molecule has 0 bridgehead atoms. The summed E-state index contributed by atoms with van der Waals surface area (Å²) in [6.45, 7) is 0.398. The van der Waals surface area contributed by atoms with Crippen LogP contribution in [0.5, 0.6) is 0 Å². The average Bonchev–Trinajstić information content (AvgIpc) is 3.24. The van der Waals surface area contributed by atoms with E-state index in [2.05, 4.69) is 16.3 Å². The van der Waals surface area contributed by atoms with Gasteiger partial charge in [0.05, 0.1) is 5.56 Å². The van der Waals surface area contributed by atoms with Crippen LogP contribution in [0.25, 0.3) is 0 Å². The number of aromatic nitrogens is 3. The highest BCUT2D eigenvalue weighted by Gasteiger charge is 2.29. The molecule has 0 radical (unpaired) electrons. The van der Waals surface area contributed by atoms with Gasteiger partial charge >= 0.3 is 5.69 Å². The van der Waals surface area contributed by atoms with Crippen LogP contribution >= 0.6 is 11.8 Å². The molecule has 0 aliphatic heterocycles. The molecule has 1 fully saturated rings. The quantitative estimate of drug-likeness (QED) is 0.885. The van der Waals surface area contributed by atoms with Crippen LogP contribution in [0.1, 0.15) is 30.0 Å². The molecular weight excluding hydrogens is 274 g/mol. The van der Waals surface area contributed by atoms with Crippen molar-refractivity contribution >= 4 is 11.8 Å². The molecule has 20 heavy (non-hydrogen) atoms. The monoisotopic (exact) mass is 287 g/mol. The van der Waals surface area contributed by atoms with Gasteiger partial charge < -0.3 is 5.73 Å². The molecule has 102 valence electrons. The van der Waals surface area contributed by atoms with E-state index in [9.17, 15) is 10.1 Å². The van der Waals surface area contributed by atoms with Crippen LogP contribution in [0, 0.1) is 11.3 Å². The minimum atomic E-state index is -0.188. The molecular formula is C13H13N5OS. The number of rotatable bonds is 4. The van der Waals surface area contributed by atoms with Crippen LogP contribution in [-0.2, 0) is 6.54 Å². The molecule has 7 heteroatoms. The first-order chi connectivity index (χ1) is 9.72. The van der Waals surface area contributed by atoms with E-state index in [0.717, 1.165) is 23.3 Å². The first-order valence-electron chi connectivity index (χ1n) is 6.30. The third-order valence-corrected chi connectivity index (χ3v) is 4.23. The molecule has 1 heterocycles. The largest absolute Gasteiger partial charge is 0.344 e. The summed E-state index contributed by atoms with van der Waals surface area (Å²) >= 11 is 1.33. The Kier molecular flexibility index (Phi) is 3.34. The van der Waals surface area contributed by atoms with E-state index < -0.39 is 0 Å². The third-order valence-electron chi connectivity index (χ3n) is 3.19. The Hall–Kier alpha value is -2.04. The van der Waals surface area contributed by atoms with Crippen molar-refractivity contribution in [3.63, 3.8) is 0 Å². The number of nitrogens with one attached hydrogen (secondary N) is 1. The second-order valence-electron chi connectivity index (χ2n) is 4.66. The molecule has 2 aromatic rings. The maximum absolute atomic E-state index is 11.7. The van der Waals surface area contributed by atoms with E-state index in [1.165, 1.54) is 11.8 Å². The zero-order valence-corrected chi connectivity index (χ0v) is 11.5. The normalized spacial score (nSPS) is 14.2. The van der Waals surface area contributed by atoms with Crippen LogP contribution in [0.3, 0.4) is 0 Å². The predicted molar refractivity (Wildman–Crippen MR) is 74.3 cm³/mol. The third kappa shape index (κ3) is 2.35. The Morgan fingerprint density at radius 3 is 3.00 bits per heavy atom. The van der Waals surface area contributed by atoms with E-state index in [4.69, 9.17) is 5.73 Å². The molecule has 1 aromatic heterocycles. The van der Waals surface area contributed by atoms with Gasteiger partial charge in [-0.25, -0.2) is 9.89 Å². The second kappa shape index (κ2) is 5.15. The zero-order valence-electron chi connectivity index (χ0n) is 10.7. The first kappa shape index (κ1) is 13.0. The maximum atomic E-state index is 11.7. The fourth-order valence-electron chi connectivity index (χ4n) is 2.00. The van der Waals surface area contributed by atoms with Crippen molar-refractivity contribution in [3.05, 3.63) is 39.8 Å². The second-order valence-corrected chi connectivity index (χ2v) is 5.67. The number of aromatic amines is 1. The molecule has 3 N–H and O–H groups in total. The highest BCUT2D eigenvalue weighted by Crippen LogP contribution is 2.38. The van der Waals surface area contributed by atoms with Crippen LogP contribution in [-0.4, -0.2) is 14.8 Å². The number of H-pyrrole nitrogens is 1. The van der Waals surface area contributed by atoms with Gasteiger partial charge in [0.2, 0.25) is 0 Å². The van der Waals surface area contributed by atoms with Crippen molar-refractivity contribution in [1.29, 1.82) is 5.26 Å². The van der Waals surface area contributed by atoms with Gasteiger partial charge in [-0.15, -0.1) is 5.10 Å². The van der Waals surface area contributed by atoms with Gasteiger partial charge in [-0.3, -0.25) is 4.57 Å². The lowest BCUT2D eigenvalue weighted by Crippen LogP contribution is -2.16. The standard InChI is InChI=1S/C13H13N5OS/c14-6-8-1-4-11(9(5-8)7-15)20-13-17-16-12(19)18(13)10-2-3-10/h1,4-5,10H,2-3,6,14H2,(H,16,19).